The summed E-state index contributed by atoms with van der Waals surface area (Å²) in [4.78, 5) is 53.6. The van der Waals surface area contributed by atoms with E-state index < -0.39 is 34.8 Å². The number of fused-ring (bicyclic) bond motifs is 1. The number of benzene rings is 1. The van der Waals surface area contributed by atoms with E-state index in [1.165, 1.54) is 18.4 Å². The quantitative estimate of drug-likeness (QED) is 0.344. The number of hydrogen-bond acceptors (Lipinski definition) is 9. The average molecular weight is 588 g/mol. The second kappa shape index (κ2) is 12.2. The summed E-state index contributed by atoms with van der Waals surface area (Å²) >= 11 is 0.987. The molecule has 3 aromatic rings. The average Bonchev–Trinajstić information content (AvgIpc) is 3.28. The zero-order chi connectivity index (χ0) is 30.1. The number of carbonyl (C=O) groups is 2. The van der Waals surface area contributed by atoms with E-state index in [0.29, 0.717) is 42.6 Å². The summed E-state index contributed by atoms with van der Waals surface area (Å²) in [5.74, 6) is -0.916. The molecule has 0 unspecified atom stereocenters. The van der Waals surface area contributed by atoms with Crippen molar-refractivity contribution in [3.63, 3.8) is 0 Å². The monoisotopic (exact) mass is 587 g/mol. The van der Waals surface area contributed by atoms with E-state index in [-0.39, 0.29) is 40.5 Å². The Bertz CT molecular complexity index is 1560. The van der Waals surface area contributed by atoms with Crippen LogP contribution in [0.25, 0.3) is 10.2 Å². The van der Waals surface area contributed by atoms with E-state index in [4.69, 9.17) is 19.9 Å². The number of para-hydroxylation sites is 1. The fourth-order valence-corrected chi connectivity index (χ4v) is 6.42. The minimum absolute atomic E-state index is 0.0495. The molecule has 0 aliphatic heterocycles. The van der Waals surface area contributed by atoms with Gasteiger partial charge in [0.2, 0.25) is 5.91 Å². The summed E-state index contributed by atoms with van der Waals surface area (Å²) in [6.45, 7) is 6.19. The van der Waals surface area contributed by atoms with Crippen molar-refractivity contribution in [2.45, 2.75) is 83.8 Å². The summed E-state index contributed by atoms with van der Waals surface area (Å²) in [5, 5.41) is 10.1. The molecule has 1 aliphatic rings. The molecule has 0 saturated heterocycles. The van der Waals surface area contributed by atoms with Crippen LogP contribution in [-0.2, 0) is 26.4 Å². The molecular weight excluding hydrogens is 550 g/mol. The lowest BCUT2D eigenvalue weighted by Gasteiger charge is -2.31. The topological polar surface area (TPSA) is 152 Å². The summed E-state index contributed by atoms with van der Waals surface area (Å²) < 4.78 is 19.6. The summed E-state index contributed by atoms with van der Waals surface area (Å²) in [7, 11) is 1.54. The summed E-state index contributed by atoms with van der Waals surface area (Å²) in [5.41, 5.74) is 3.55. The number of aliphatic hydroxyl groups is 1. The minimum atomic E-state index is -1.66. The Morgan fingerprint density at radius 1 is 1.17 bits per heavy atom. The lowest BCUT2D eigenvalue weighted by Crippen LogP contribution is -2.54. The molecule has 0 spiro atoms. The van der Waals surface area contributed by atoms with Crippen LogP contribution in [0.5, 0.6) is 5.75 Å². The third kappa shape index (κ3) is 5.81. The zero-order valence-electron chi connectivity index (χ0n) is 24.0. The number of methoxy groups -OCH3 is 1. The van der Waals surface area contributed by atoms with Gasteiger partial charge >= 0.3 is 11.7 Å². The number of esters is 1. The SMILES string of the molecule is CCOC(=O)c1sc2c(c1C)c(=O)n(C(C)(C)C(N)=O)c(=O)n2C[C@H](OC1CCC(O)CC1)c1ccccc1OC. The molecule has 12 heteroatoms. The lowest BCUT2D eigenvalue weighted by molar-refractivity contribution is -0.125. The molecule has 0 radical (unpaired) electrons. The highest BCUT2D eigenvalue weighted by Crippen LogP contribution is 2.35. The van der Waals surface area contributed by atoms with Crippen LogP contribution in [0, 0.1) is 6.92 Å². The molecule has 4 rings (SSSR count). The van der Waals surface area contributed by atoms with Crippen LogP contribution in [0.15, 0.2) is 33.9 Å². The zero-order valence-corrected chi connectivity index (χ0v) is 24.8. The Morgan fingerprint density at radius 2 is 1.83 bits per heavy atom. The number of aromatic nitrogens is 2. The second-order valence-corrected chi connectivity index (χ2v) is 11.7. The normalized spacial score (nSPS) is 18.3. The number of aliphatic hydroxyl groups excluding tert-OH is 1. The molecule has 1 aliphatic carbocycles. The van der Waals surface area contributed by atoms with Crippen LogP contribution in [0.1, 0.15) is 73.4 Å². The van der Waals surface area contributed by atoms with E-state index in [1.54, 1.807) is 27.0 Å². The number of rotatable bonds is 10. The van der Waals surface area contributed by atoms with Gasteiger partial charge in [0.05, 0.1) is 37.9 Å². The first-order valence-corrected chi connectivity index (χ1v) is 14.5. The van der Waals surface area contributed by atoms with Gasteiger partial charge in [-0.2, -0.15) is 0 Å². The summed E-state index contributed by atoms with van der Waals surface area (Å²) in [6.07, 6.45) is 1.19. The van der Waals surface area contributed by atoms with Gasteiger partial charge < -0.3 is 25.1 Å². The standard InChI is InChI=1S/C29H37N3O8S/c1-6-39-26(35)23-16(2)22-24(34)32(29(3,4)27(30)36)28(37)31(25(22)41-23)15-21(19-9-7-8-10-20(19)38-5)40-18-13-11-17(33)12-14-18/h7-10,17-18,21,33H,6,11-15H2,1-5H3,(H2,30,36)/t17?,18?,21-/m0/s1. The smallest absolute Gasteiger partial charge is 0.348 e. The molecule has 2 heterocycles. The first-order valence-electron chi connectivity index (χ1n) is 13.6. The van der Waals surface area contributed by atoms with Crippen molar-refractivity contribution in [2.75, 3.05) is 13.7 Å². The fourth-order valence-electron chi connectivity index (χ4n) is 5.23. The van der Waals surface area contributed by atoms with E-state index in [0.717, 1.165) is 15.9 Å². The van der Waals surface area contributed by atoms with Crippen molar-refractivity contribution in [3.8, 4) is 5.75 Å². The molecule has 1 aromatic carbocycles. The number of thiophene rings is 1. The number of aryl methyl sites for hydroxylation is 1. The molecule has 0 bridgehead atoms. The Morgan fingerprint density at radius 3 is 2.44 bits per heavy atom. The fraction of sp³-hybridized carbons (Fsp3) is 0.517. The Hall–Kier alpha value is -3.48. The number of primary amides is 1. The maximum absolute atomic E-state index is 14.1. The highest BCUT2D eigenvalue weighted by atomic mass is 32.1. The highest BCUT2D eigenvalue weighted by molar-refractivity contribution is 7.20. The maximum atomic E-state index is 14.1. The van der Waals surface area contributed by atoms with Crippen LogP contribution >= 0.6 is 11.3 Å². The first kappa shape index (κ1) is 30.5. The van der Waals surface area contributed by atoms with Gasteiger partial charge in [0.25, 0.3) is 5.56 Å². The molecule has 1 atom stereocenters. The molecule has 41 heavy (non-hydrogen) atoms. The predicted molar refractivity (Wildman–Crippen MR) is 155 cm³/mol. The van der Waals surface area contributed by atoms with Gasteiger partial charge in [0.15, 0.2) is 0 Å². The lowest BCUT2D eigenvalue weighted by atomic mass is 9.94. The first-order chi connectivity index (χ1) is 19.4. The molecule has 2 aromatic heterocycles. The molecule has 1 amide bonds. The highest BCUT2D eigenvalue weighted by Gasteiger charge is 2.35. The van der Waals surface area contributed by atoms with E-state index >= 15 is 0 Å². The molecule has 1 saturated carbocycles. The predicted octanol–water partition coefficient (Wildman–Crippen LogP) is 3.00. The number of carbonyl (C=O) groups excluding carboxylic acids is 2. The van der Waals surface area contributed by atoms with Gasteiger partial charge in [0.1, 0.15) is 27.1 Å². The van der Waals surface area contributed by atoms with Gasteiger partial charge in [-0.3, -0.25) is 14.2 Å². The third-order valence-corrected chi connectivity index (χ3v) is 8.96. The van der Waals surface area contributed by atoms with Gasteiger partial charge in [-0.25, -0.2) is 14.2 Å². The van der Waals surface area contributed by atoms with Gasteiger partial charge in [-0.1, -0.05) is 18.2 Å². The number of hydrogen-bond donors (Lipinski definition) is 2. The molecule has 3 N–H and O–H groups in total. The van der Waals surface area contributed by atoms with Crippen LogP contribution in [0.3, 0.4) is 0 Å². The molecular formula is C29H37N3O8S. The van der Waals surface area contributed by atoms with Crippen LogP contribution in [-0.4, -0.2) is 52.0 Å². The number of nitrogens with two attached hydrogens (primary N) is 1. The Labute approximate surface area is 241 Å². The van der Waals surface area contributed by atoms with Crippen molar-refractivity contribution in [2.24, 2.45) is 5.73 Å². The molecule has 222 valence electrons. The Balaban J connectivity index is 1.97. The van der Waals surface area contributed by atoms with Crippen molar-refractivity contribution in [3.05, 3.63) is 61.1 Å². The number of nitrogens with zero attached hydrogens (tertiary/aromatic N) is 2. The minimum Gasteiger partial charge on any atom is -0.496 e. The van der Waals surface area contributed by atoms with Crippen molar-refractivity contribution >= 4 is 33.4 Å². The van der Waals surface area contributed by atoms with E-state index in [9.17, 15) is 24.3 Å². The van der Waals surface area contributed by atoms with Crippen LogP contribution < -0.4 is 21.7 Å². The van der Waals surface area contributed by atoms with Crippen molar-refractivity contribution in [1.82, 2.24) is 9.13 Å². The third-order valence-electron chi connectivity index (χ3n) is 7.67. The van der Waals surface area contributed by atoms with Gasteiger partial charge in [0, 0.05) is 5.56 Å². The molecule has 11 nitrogen and oxygen atoms in total. The van der Waals surface area contributed by atoms with E-state index in [2.05, 4.69) is 0 Å². The van der Waals surface area contributed by atoms with Crippen LogP contribution in [0.2, 0.25) is 0 Å². The van der Waals surface area contributed by atoms with Gasteiger partial charge in [-0.15, -0.1) is 11.3 Å². The maximum Gasteiger partial charge on any atom is 0.348 e. The van der Waals surface area contributed by atoms with Crippen molar-refractivity contribution in [1.29, 1.82) is 0 Å². The second-order valence-electron chi connectivity index (χ2n) is 10.7. The largest absolute Gasteiger partial charge is 0.496 e. The van der Waals surface area contributed by atoms with Crippen LogP contribution in [0.4, 0.5) is 0 Å². The number of amides is 1. The summed E-state index contributed by atoms with van der Waals surface area (Å²) in [6, 6.07) is 7.30. The van der Waals surface area contributed by atoms with Crippen molar-refractivity contribution < 1.29 is 28.9 Å². The number of ether oxygens (including phenoxy) is 3. The van der Waals surface area contributed by atoms with Gasteiger partial charge in [-0.05, 0) is 65.0 Å². The Kier molecular flexibility index (Phi) is 9.05. The van der Waals surface area contributed by atoms with E-state index in [1.807, 2.05) is 18.2 Å². The molecule has 1 fully saturated rings.